The van der Waals surface area contributed by atoms with Crippen LogP contribution in [-0.4, -0.2) is 9.97 Å². The Morgan fingerprint density at radius 2 is 1.79 bits per heavy atom. The van der Waals surface area contributed by atoms with Crippen LogP contribution in [0.25, 0.3) is 22.2 Å². The van der Waals surface area contributed by atoms with E-state index in [2.05, 4.69) is 9.97 Å². The Labute approximate surface area is 111 Å². The van der Waals surface area contributed by atoms with Crippen LogP contribution in [0.2, 0.25) is 0 Å². The zero-order valence-corrected chi connectivity index (χ0v) is 10.8. The highest BCUT2D eigenvalue weighted by molar-refractivity contribution is 5.93. The fourth-order valence-corrected chi connectivity index (χ4v) is 2.27. The average molecular weight is 252 g/mol. The second kappa shape index (κ2) is 4.43. The molecule has 0 radical (unpaired) electrons. The van der Waals surface area contributed by atoms with Gasteiger partial charge < -0.3 is 0 Å². The summed E-state index contributed by atoms with van der Waals surface area (Å²) in [6.07, 6.45) is 1.56. The Morgan fingerprint density at radius 3 is 2.58 bits per heavy atom. The highest BCUT2D eigenvalue weighted by Crippen LogP contribution is 2.28. The molecule has 3 rings (SSSR count). The first kappa shape index (κ1) is 11.8. The molecule has 94 valence electrons. The Hall–Kier alpha value is -2.29. The molecule has 0 saturated carbocycles. The second-order valence-electron chi connectivity index (χ2n) is 4.70. The van der Waals surface area contributed by atoms with Crippen molar-refractivity contribution in [2.45, 2.75) is 13.8 Å². The van der Waals surface area contributed by atoms with Crippen LogP contribution in [0.15, 0.2) is 42.7 Å². The Balaban J connectivity index is 2.30. The maximum atomic E-state index is 13.2. The molecule has 19 heavy (non-hydrogen) atoms. The molecule has 0 aliphatic heterocycles. The number of fused-ring (bicyclic) bond motifs is 1. The van der Waals surface area contributed by atoms with E-state index in [1.807, 2.05) is 32.0 Å². The van der Waals surface area contributed by atoms with E-state index in [0.717, 1.165) is 33.3 Å². The molecule has 0 fully saturated rings. The molecule has 2 aromatic carbocycles. The molecule has 2 nitrogen and oxygen atoms in total. The lowest BCUT2D eigenvalue weighted by molar-refractivity contribution is 0.627. The zero-order chi connectivity index (χ0) is 13.4. The second-order valence-corrected chi connectivity index (χ2v) is 4.70. The van der Waals surface area contributed by atoms with E-state index in [1.54, 1.807) is 12.4 Å². The number of hydrogen-bond acceptors (Lipinski definition) is 2. The van der Waals surface area contributed by atoms with Crippen LogP contribution < -0.4 is 0 Å². The molecule has 0 aliphatic carbocycles. The standard InChI is InChI=1S/C16H13FN2/c1-10-3-5-14-15(7-10)18-9-19-16(14)13-6-4-12(17)8-11(13)2/h3-9H,1-2H3. The molecule has 3 aromatic rings. The fraction of sp³-hybridized carbons (Fsp3) is 0.125. The predicted octanol–water partition coefficient (Wildman–Crippen LogP) is 4.05. The molecule has 0 bridgehead atoms. The van der Waals surface area contributed by atoms with Crippen molar-refractivity contribution < 1.29 is 4.39 Å². The van der Waals surface area contributed by atoms with Gasteiger partial charge in [-0.2, -0.15) is 0 Å². The molecule has 0 N–H and O–H groups in total. The van der Waals surface area contributed by atoms with E-state index in [0.29, 0.717) is 0 Å². The zero-order valence-electron chi connectivity index (χ0n) is 10.8. The predicted molar refractivity (Wildman–Crippen MR) is 74.4 cm³/mol. The van der Waals surface area contributed by atoms with E-state index >= 15 is 0 Å². The quantitative estimate of drug-likeness (QED) is 0.653. The first-order valence-electron chi connectivity index (χ1n) is 6.13. The minimum Gasteiger partial charge on any atom is -0.236 e. The van der Waals surface area contributed by atoms with Crippen molar-refractivity contribution in [3.05, 3.63) is 59.7 Å². The van der Waals surface area contributed by atoms with E-state index < -0.39 is 0 Å². The molecule has 0 amide bonds. The van der Waals surface area contributed by atoms with Gasteiger partial charge in [-0.25, -0.2) is 14.4 Å². The summed E-state index contributed by atoms with van der Waals surface area (Å²) in [5, 5.41) is 0.989. The monoisotopic (exact) mass is 252 g/mol. The van der Waals surface area contributed by atoms with Gasteiger partial charge >= 0.3 is 0 Å². The molecule has 0 spiro atoms. The fourth-order valence-electron chi connectivity index (χ4n) is 2.27. The van der Waals surface area contributed by atoms with Gasteiger partial charge in [-0.15, -0.1) is 0 Å². The third-order valence-corrected chi connectivity index (χ3v) is 3.24. The van der Waals surface area contributed by atoms with Crippen molar-refractivity contribution in [1.82, 2.24) is 9.97 Å². The molecule has 1 heterocycles. The van der Waals surface area contributed by atoms with E-state index in [-0.39, 0.29) is 5.82 Å². The Morgan fingerprint density at radius 1 is 0.947 bits per heavy atom. The van der Waals surface area contributed by atoms with Gasteiger partial charge in [-0.3, -0.25) is 0 Å². The summed E-state index contributed by atoms with van der Waals surface area (Å²) in [4.78, 5) is 8.65. The summed E-state index contributed by atoms with van der Waals surface area (Å²) in [5.41, 5.74) is 4.74. The maximum absolute atomic E-state index is 13.2. The maximum Gasteiger partial charge on any atom is 0.123 e. The summed E-state index contributed by atoms with van der Waals surface area (Å²) < 4.78 is 13.2. The lowest BCUT2D eigenvalue weighted by atomic mass is 10.0. The lowest BCUT2D eigenvalue weighted by Crippen LogP contribution is -1.92. The molecule has 0 unspecified atom stereocenters. The summed E-state index contributed by atoms with van der Waals surface area (Å²) in [7, 11) is 0. The van der Waals surface area contributed by atoms with E-state index in [4.69, 9.17) is 0 Å². The van der Waals surface area contributed by atoms with Crippen molar-refractivity contribution in [1.29, 1.82) is 0 Å². The minimum atomic E-state index is -0.226. The minimum absolute atomic E-state index is 0.226. The first-order valence-corrected chi connectivity index (χ1v) is 6.13. The molecule has 0 saturated heterocycles. The van der Waals surface area contributed by atoms with Crippen LogP contribution in [0, 0.1) is 19.7 Å². The SMILES string of the molecule is Cc1ccc2c(-c3ccc(F)cc3C)ncnc2c1. The lowest BCUT2D eigenvalue weighted by Gasteiger charge is -2.08. The normalized spacial score (nSPS) is 10.9. The third kappa shape index (κ3) is 2.08. The summed E-state index contributed by atoms with van der Waals surface area (Å²) in [6.45, 7) is 3.92. The van der Waals surface area contributed by atoms with Gasteiger partial charge in [0.2, 0.25) is 0 Å². The van der Waals surface area contributed by atoms with Gasteiger partial charge in [0.05, 0.1) is 11.2 Å². The molecule has 3 heteroatoms. The van der Waals surface area contributed by atoms with Crippen LogP contribution >= 0.6 is 0 Å². The van der Waals surface area contributed by atoms with Crippen molar-refractivity contribution in [3.63, 3.8) is 0 Å². The Kier molecular flexibility index (Phi) is 2.75. The van der Waals surface area contributed by atoms with Crippen molar-refractivity contribution >= 4 is 10.9 Å². The van der Waals surface area contributed by atoms with Crippen LogP contribution in [0.3, 0.4) is 0 Å². The van der Waals surface area contributed by atoms with Crippen LogP contribution in [-0.2, 0) is 0 Å². The van der Waals surface area contributed by atoms with Gasteiger partial charge in [-0.05, 0) is 49.2 Å². The topological polar surface area (TPSA) is 25.8 Å². The highest BCUT2D eigenvalue weighted by atomic mass is 19.1. The summed E-state index contributed by atoms with van der Waals surface area (Å²) in [6, 6.07) is 10.8. The van der Waals surface area contributed by atoms with Gasteiger partial charge in [0.1, 0.15) is 12.1 Å². The molecule has 0 atom stereocenters. The number of rotatable bonds is 1. The molecule has 0 aliphatic rings. The van der Waals surface area contributed by atoms with Gasteiger partial charge in [0, 0.05) is 10.9 Å². The van der Waals surface area contributed by atoms with Crippen LogP contribution in [0.5, 0.6) is 0 Å². The van der Waals surface area contributed by atoms with Crippen molar-refractivity contribution in [2.75, 3.05) is 0 Å². The van der Waals surface area contributed by atoms with E-state index in [9.17, 15) is 4.39 Å². The number of halogens is 1. The molecular formula is C16H13FN2. The van der Waals surface area contributed by atoms with Crippen molar-refractivity contribution in [2.24, 2.45) is 0 Å². The molecular weight excluding hydrogens is 239 g/mol. The smallest absolute Gasteiger partial charge is 0.123 e. The number of aryl methyl sites for hydroxylation is 2. The molecule has 1 aromatic heterocycles. The van der Waals surface area contributed by atoms with Gasteiger partial charge in [0.25, 0.3) is 0 Å². The number of hydrogen-bond donors (Lipinski definition) is 0. The first-order chi connectivity index (χ1) is 9.15. The highest BCUT2D eigenvalue weighted by Gasteiger charge is 2.09. The van der Waals surface area contributed by atoms with Crippen molar-refractivity contribution in [3.8, 4) is 11.3 Å². The van der Waals surface area contributed by atoms with Gasteiger partial charge in [0.15, 0.2) is 0 Å². The van der Waals surface area contributed by atoms with Crippen LogP contribution in [0.1, 0.15) is 11.1 Å². The number of benzene rings is 2. The third-order valence-electron chi connectivity index (χ3n) is 3.24. The van der Waals surface area contributed by atoms with Crippen LogP contribution in [0.4, 0.5) is 4.39 Å². The average Bonchev–Trinajstić information content (AvgIpc) is 2.38. The van der Waals surface area contributed by atoms with E-state index in [1.165, 1.54) is 12.1 Å². The number of aromatic nitrogens is 2. The Bertz CT molecular complexity index is 766. The largest absolute Gasteiger partial charge is 0.236 e. The summed E-state index contributed by atoms with van der Waals surface area (Å²) >= 11 is 0. The van der Waals surface area contributed by atoms with Gasteiger partial charge in [-0.1, -0.05) is 12.1 Å². The summed E-state index contributed by atoms with van der Waals surface area (Å²) in [5.74, 6) is -0.226. The number of nitrogens with zero attached hydrogens (tertiary/aromatic N) is 2.